The summed E-state index contributed by atoms with van der Waals surface area (Å²) in [6.45, 7) is 16.4. The van der Waals surface area contributed by atoms with Crippen molar-refractivity contribution >= 4 is 5.96 Å². The first-order valence-electron chi connectivity index (χ1n) is 9.73. The van der Waals surface area contributed by atoms with Crippen molar-refractivity contribution in [1.29, 1.82) is 0 Å². The Morgan fingerprint density at radius 3 is 2.71 bits per heavy atom. The van der Waals surface area contributed by atoms with Gasteiger partial charge in [-0.3, -0.25) is 9.89 Å². The summed E-state index contributed by atoms with van der Waals surface area (Å²) in [5.74, 6) is 2.52. The van der Waals surface area contributed by atoms with Gasteiger partial charge in [0.15, 0.2) is 5.96 Å². The fourth-order valence-corrected chi connectivity index (χ4v) is 3.93. The summed E-state index contributed by atoms with van der Waals surface area (Å²) in [4.78, 5) is 10.0. The molecule has 0 amide bonds. The minimum Gasteiger partial charge on any atom is -0.384 e. The van der Waals surface area contributed by atoms with Crippen LogP contribution in [0.5, 0.6) is 0 Å². The number of piperidine rings is 1. The van der Waals surface area contributed by atoms with Crippen molar-refractivity contribution in [2.75, 3.05) is 53.0 Å². The maximum absolute atomic E-state index is 5.32. The topological polar surface area (TPSA) is 40.1 Å². The van der Waals surface area contributed by atoms with Gasteiger partial charge >= 0.3 is 0 Å². The van der Waals surface area contributed by atoms with Crippen LogP contribution in [0.2, 0.25) is 0 Å². The van der Waals surface area contributed by atoms with E-state index in [1.165, 1.54) is 32.4 Å². The highest BCUT2D eigenvalue weighted by atomic mass is 16.5. The van der Waals surface area contributed by atoms with Crippen molar-refractivity contribution in [3.63, 3.8) is 0 Å². The number of ether oxygens (including phenoxy) is 1. The van der Waals surface area contributed by atoms with Gasteiger partial charge in [0.2, 0.25) is 0 Å². The number of likely N-dealkylation sites (tertiary alicyclic amines) is 2. The van der Waals surface area contributed by atoms with Crippen LogP contribution in [0, 0.1) is 11.8 Å². The first kappa shape index (κ1) is 19.5. The van der Waals surface area contributed by atoms with Crippen molar-refractivity contribution in [2.45, 2.75) is 52.5 Å². The van der Waals surface area contributed by atoms with Gasteiger partial charge in [-0.2, -0.15) is 0 Å². The molecule has 24 heavy (non-hydrogen) atoms. The van der Waals surface area contributed by atoms with E-state index < -0.39 is 0 Å². The van der Waals surface area contributed by atoms with E-state index in [-0.39, 0.29) is 5.54 Å². The van der Waals surface area contributed by atoms with Crippen molar-refractivity contribution < 1.29 is 4.74 Å². The lowest BCUT2D eigenvalue weighted by Crippen LogP contribution is -2.51. The van der Waals surface area contributed by atoms with Crippen LogP contribution in [0.3, 0.4) is 0 Å². The molecule has 2 aliphatic heterocycles. The summed E-state index contributed by atoms with van der Waals surface area (Å²) in [5, 5.41) is 3.49. The maximum atomic E-state index is 5.32. The zero-order valence-electron chi connectivity index (χ0n) is 16.5. The number of aliphatic imine (C=N–C) groups is 1. The quantitative estimate of drug-likeness (QED) is 0.596. The van der Waals surface area contributed by atoms with Crippen molar-refractivity contribution in [3.05, 3.63) is 0 Å². The predicted molar refractivity (Wildman–Crippen MR) is 102 cm³/mol. The Morgan fingerprint density at radius 2 is 2.04 bits per heavy atom. The van der Waals surface area contributed by atoms with E-state index in [1.807, 2.05) is 0 Å². The Balaban J connectivity index is 1.97. The minimum absolute atomic E-state index is 0.126. The van der Waals surface area contributed by atoms with E-state index >= 15 is 0 Å². The Kier molecular flexibility index (Phi) is 7.35. The van der Waals surface area contributed by atoms with Gasteiger partial charge < -0.3 is 15.0 Å². The fourth-order valence-electron chi connectivity index (χ4n) is 3.93. The predicted octanol–water partition coefficient (Wildman–Crippen LogP) is 2.43. The fraction of sp³-hybridized carbons (Fsp3) is 0.947. The first-order valence-corrected chi connectivity index (χ1v) is 9.73. The van der Waals surface area contributed by atoms with Crippen molar-refractivity contribution in [1.82, 2.24) is 15.1 Å². The van der Waals surface area contributed by atoms with E-state index in [9.17, 15) is 0 Å². The van der Waals surface area contributed by atoms with Gasteiger partial charge in [-0.25, -0.2) is 0 Å². The molecule has 2 aliphatic rings. The summed E-state index contributed by atoms with van der Waals surface area (Å²) >= 11 is 0. The molecule has 0 spiro atoms. The molecule has 5 nitrogen and oxygen atoms in total. The number of hydrogen-bond acceptors (Lipinski definition) is 3. The van der Waals surface area contributed by atoms with E-state index in [2.05, 4.69) is 42.8 Å². The largest absolute Gasteiger partial charge is 0.384 e. The highest BCUT2D eigenvalue weighted by Crippen LogP contribution is 2.24. The molecular weight excluding hydrogens is 300 g/mol. The second kappa shape index (κ2) is 9.04. The summed E-state index contributed by atoms with van der Waals surface area (Å²) in [6, 6.07) is 0. The van der Waals surface area contributed by atoms with Crippen LogP contribution >= 0.6 is 0 Å². The zero-order valence-corrected chi connectivity index (χ0v) is 16.5. The highest BCUT2D eigenvalue weighted by Gasteiger charge is 2.31. The lowest BCUT2D eigenvalue weighted by Gasteiger charge is -2.42. The second-order valence-electron chi connectivity index (χ2n) is 8.23. The maximum Gasteiger partial charge on any atom is 0.193 e. The van der Waals surface area contributed by atoms with Gasteiger partial charge in [0.05, 0.1) is 13.2 Å². The normalized spacial score (nSPS) is 26.9. The second-order valence-corrected chi connectivity index (χ2v) is 8.23. The average Bonchev–Trinajstić information content (AvgIpc) is 3.00. The summed E-state index contributed by atoms with van der Waals surface area (Å²) in [5.41, 5.74) is 0.126. The molecule has 0 radical (unpaired) electrons. The Hall–Kier alpha value is -0.810. The van der Waals surface area contributed by atoms with Crippen molar-refractivity contribution in [3.8, 4) is 0 Å². The number of rotatable bonds is 6. The Bertz CT molecular complexity index is 410. The summed E-state index contributed by atoms with van der Waals surface area (Å²) in [7, 11) is 1.80. The van der Waals surface area contributed by atoms with E-state index in [4.69, 9.17) is 9.73 Å². The van der Waals surface area contributed by atoms with Crippen LogP contribution < -0.4 is 5.32 Å². The lowest BCUT2D eigenvalue weighted by molar-refractivity contribution is 0.0773. The van der Waals surface area contributed by atoms with Gasteiger partial charge in [0, 0.05) is 44.7 Å². The molecular formula is C19H38N4O. The van der Waals surface area contributed by atoms with Crippen LogP contribution in [0.4, 0.5) is 0 Å². The van der Waals surface area contributed by atoms with Crippen LogP contribution in [0.15, 0.2) is 4.99 Å². The molecule has 2 heterocycles. The van der Waals surface area contributed by atoms with Gasteiger partial charge in [-0.05, 0) is 52.5 Å². The minimum atomic E-state index is 0.126. The molecule has 2 unspecified atom stereocenters. The summed E-state index contributed by atoms with van der Waals surface area (Å²) in [6.07, 6.45) is 3.89. The average molecular weight is 339 g/mol. The lowest BCUT2D eigenvalue weighted by atomic mass is 9.94. The van der Waals surface area contributed by atoms with Gasteiger partial charge in [0.25, 0.3) is 0 Å². The third-order valence-electron chi connectivity index (χ3n) is 5.45. The molecule has 1 N–H and O–H groups in total. The van der Waals surface area contributed by atoms with Gasteiger partial charge in [-0.15, -0.1) is 0 Å². The Morgan fingerprint density at radius 1 is 1.25 bits per heavy atom. The SMILES string of the molecule is CCNC(=NCC(C)(C)N1CCCC(C)C1)N1CCC(COC)C1. The van der Waals surface area contributed by atoms with Gasteiger partial charge in [-0.1, -0.05) is 6.92 Å². The molecule has 0 aromatic heterocycles. The summed E-state index contributed by atoms with van der Waals surface area (Å²) < 4.78 is 5.32. The monoisotopic (exact) mass is 338 g/mol. The molecule has 140 valence electrons. The van der Waals surface area contributed by atoms with Crippen LogP contribution in [0.1, 0.15) is 47.0 Å². The number of methoxy groups -OCH3 is 1. The van der Waals surface area contributed by atoms with Crippen molar-refractivity contribution in [2.24, 2.45) is 16.8 Å². The van der Waals surface area contributed by atoms with Crippen LogP contribution in [-0.4, -0.2) is 74.3 Å². The smallest absolute Gasteiger partial charge is 0.193 e. The molecule has 0 bridgehead atoms. The molecule has 2 atom stereocenters. The van der Waals surface area contributed by atoms with E-state index in [1.54, 1.807) is 7.11 Å². The molecule has 0 aromatic rings. The number of hydrogen-bond donors (Lipinski definition) is 1. The zero-order chi connectivity index (χ0) is 17.6. The molecule has 0 saturated carbocycles. The highest BCUT2D eigenvalue weighted by molar-refractivity contribution is 5.80. The van der Waals surface area contributed by atoms with Crippen LogP contribution in [0.25, 0.3) is 0 Å². The van der Waals surface area contributed by atoms with Gasteiger partial charge in [0.1, 0.15) is 0 Å². The molecule has 5 heteroatoms. The van der Waals surface area contributed by atoms with E-state index in [0.29, 0.717) is 5.92 Å². The molecule has 0 aromatic carbocycles. The molecule has 0 aliphatic carbocycles. The third-order valence-corrected chi connectivity index (χ3v) is 5.45. The molecule has 2 saturated heterocycles. The number of nitrogens with one attached hydrogen (secondary N) is 1. The molecule has 2 rings (SSSR count). The number of nitrogens with zero attached hydrogens (tertiary/aromatic N) is 3. The third kappa shape index (κ3) is 5.35. The Labute approximate surface area is 148 Å². The van der Waals surface area contributed by atoms with E-state index in [0.717, 1.165) is 44.7 Å². The first-order chi connectivity index (χ1) is 11.5. The van der Waals surface area contributed by atoms with Crippen LogP contribution in [-0.2, 0) is 4.74 Å². The standard InChI is InChI=1S/C19H38N4O/c1-6-20-18(22-11-9-17(13-22)14-24-5)21-15-19(3,4)23-10-7-8-16(2)12-23/h16-17H,6-15H2,1-5H3,(H,20,21). The molecule has 2 fully saturated rings. The number of guanidine groups is 1.